The van der Waals surface area contributed by atoms with Crippen LogP contribution in [-0.2, 0) is 32.8 Å². The molecular formula is C39H32ClFN4O5S2. The third-order valence-electron chi connectivity index (χ3n) is 11.8. The number of imide groups is 2. The molecule has 5 aromatic rings. The number of phenolic OH excluding ortho intramolecular Hbond substituents is 1. The van der Waals surface area contributed by atoms with Gasteiger partial charge in [-0.05, 0) is 90.9 Å². The van der Waals surface area contributed by atoms with E-state index in [0.717, 1.165) is 31.0 Å². The lowest BCUT2D eigenvalue weighted by molar-refractivity contribution is -0.141. The molecule has 9 nitrogen and oxygen atoms in total. The fraction of sp³-hybridized carbons (Fsp3) is 0.308. The van der Waals surface area contributed by atoms with Crippen molar-refractivity contribution in [2.75, 3.05) is 4.90 Å². The summed E-state index contributed by atoms with van der Waals surface area (Å²) in [6.07, 6.45) is 2.40. The third-order valence-corrected chi connectivity index (χ3v) is 14.2. The number of phenols is 1. The summed E-state index contributed by atoms with van der Waals surface area (Å²) in [5.41, 5.74) is 1.38. The van der Waals surface area contributed by atoms with Gasteiger partial charge in [0.15, 0.2) is 11.6 Å². The van der Waals surface area contributed by atoms with Crippen LogP contribution in [0.4, 0.5) is 10.2 Å². The topological polar surface area (TPSA) is 113 Å². The highest BCUT2D eigenvalue weighted by molar-refractivity contribution is 7.22. The number of carbonyl (C=O) groups excluding carboxylic acids is 4. The molecule has 5 heterocycles. The lowest BCUT2D eigenvalue weighted by atomic mass is 9.51. The molecule has 6 atom stereocenters. The quantitative estimate of drug-likeness (QED) is 0.146. The van der Waals surface area contributed by atoms with Crippen molar-refractivity contribution >= 4 is 73.8 Å². The van der Waals surface area contributed by atoms with Crippen LogP contribution in [-0.4, -0.2) is 43.4 Å². The number of likely N-dealkylation sites (tertiary alicyclic amines) is 1. The zero-order chi connectivity index (χ0) is 36.4. The van der Waals surface area contributed by atoms with Crippen LogP contribution < -0.4 is 4.90 Å². The molecule has 2 saturated heterocycles. The first-order chi connectivity index (χ1) is 24.9. The number of fused-ring (bicyclic) bond motifs is 5. The van der Waals surface area contributed by atoms with E-state index in [9.17, 15) is 24.3 Å². The van der Waals surface area contributed by atoms with Gasteiger partial charge >= 0.3 is 0 Å². The molecule has 9 rings (SSSR count). The van der Waals surface area contributed by atoms with Crippen LogP contribution in [0, 0.1) is 41.8 Å². The number of anilines is 1. The van der Waals surface area contributed by atoms with Crippen molar-refractivity contribution in [3.63, 3.8) is 0 Å². The molecule has 0 bridgehead atoms. The van der Waals surface area contributed by atoms with Crippen molar-refractivity contribution in [3.05, 3.63) is 98.5 Å². The van der Waals surface area contributed by atoms with Crippen LogP contribution in [0.25, 0.3) is 20.7 Å². The molecule has 13 heteroatoms. The van der Waals surface area contributed by atoms with Crippen molar-refractivity contribution in [1.29, 1.82) is 0 Å². The molecule has 0 radical (unpaired) electrons. The summed E-state index contributed by atoms with van der Waals surface area (Å²) in [7, 11) is 1.69. The molecule has 3 aromatic heterocycles. The molecule has 264 valence electrons. The van der Waals surface area contributed by atoms with E-state index >= 15 is 4.39 Å². The standard InChI is InChI=1S/C39H32ClFN4O5S2/c1-18-24-14-20(40)7-11-30(24)52-34(18)28-16-31(43(3)42-28)45-36(48)26-15-25-22(33(39(26,2)38(45)50)19-6-10-29(46)27(41)13-19)8-9-23-32(25)37(49)44(35(23)47)17-21-5-4-12-51-21/h4-8,10-14,16,23,25-26,32-33,46H,9,15,17H2,1-3H3/t23-,25+,26-,32-,33-,39+/m0/s1. The summed E-state index contributed by atoms with van der Waals surface area (Å²) in [5.74, 6) is -6.03. The van der Waals surface area contributed by atoms with Gasteiger partial charge < -0.3 is 5.11 Å². The molecule has 0 unspecified atom stereocenters. The molecule has 2 aromatic carbocycles. The summed E-state index contributed by atoms with van der Waals surface area (Å²) in [6, 6.07) is 15.2. The lowest BCUT2D eigenvalue weighted by Crippen LogP contribution is -2.48. The Hall–Kier alpha value is -4.65. The predicted octanol–water partition coefficient (Wildman–Crippen LogP) is 7.60. The number of hydrogen-bond donors (Lipinski definition) is 1. The maximum Gasteiger partial charge on any atom is 0.242 e. The molecule has 3 fully saturated rings. The van der Waals surface area contributed by atoms with E-state index in [1.807, 2.05) is 48.7 Å². The van der Waals surface area contributed by atoms with Crippen molar-refractivity contribution in [2.24, 2.45) is 36.1 Å². The SMILES string of the molecule is Cc1c(-c2cc(N3C(=O)[C@@H]4C[C@@H]5C(=CC[C@@H]6C(=O)N(Cc7cccs7)C(=O)[C@@H]65)[C@H](c5ccc(O)c(F)c5)[C@]4(C)C3=O)n(C)n2)sc2ccc(Cl)cc12. The summed E-state index contributed by atoms with van der Waals surface area (Å²) in [5, 5.41) is 18.4. The summed E-state index contributed by atoms with van der Waals surface area (Å²) < 4.78 is 17.7. The van der Waals surface area contributed by atoms with Gasteiger partial charge in [0.2, 0.25) is 23.6 Å². The van der Waals surface area contributed by atoms with E-state index in [1.165, 1.54) is 38.0 Å². The van der Waals surface area contributed by atoms with Gasteiger partial charge in [-0.2, -0.15) is 5.10 Å². The Morgan fingerprint density at radius 3 is 2.60 bits per heavy atom. The number of aromatic hydroxyl groups is 1. The van der Waals surface area contributed by atoms with Gasteiger partial charge in [0.05, 0.1) is 34.6 Å². The monoisotopic (exact) mass is 754 g/mol. The average molecular weight is 755 g/mol. The van der Waals surface area contributed by atoms with Gasteiger partial charge in [0.1, 0.15) is 11.5 Å². The normalized spacial score (nSPS) is 27.0. The lowest BCUT2D eigenvalue weighted by Gasteiger charge is -2.49. The fourth-order valence-corrected chi connectivity index (χ4v) is 11.3. The zero-order valence-electron chi connectivity index (χ0n) is 28.3. The highest BCUT2D eigenvalue weighted by Crippen LogP contribution is 2.64. The van der Waals surface area contributed by atoms with Crippen LogP contribution in [0.5, 0.6) is 5.75 Å². The predicted molar refractivity (Wildman–Crippen MR) is 196 cm³/mol. The number of aromatic nitrogens is 2. The van der Waals surface area contributed by atoms with Crippen LogP contribution in [0.3, 0.4) is 0 Å². The summed E-state index contributed by atoms with van der Waals surface area (Å²) >= 11 is 9.31. The largest absolute Gasteiger partial charge is 0.505 e. The van der Waals surface area contributed by atoms with Gasteiger partial charge in [0.25, 0.3) is 0 Å². The van der Waals surface area contributed by atoms with Gasteiger partial charge in [0, 0.05) is 33.6 Å². The number of aryl methyl sites for hydroxylation is 2. The highest BCUT2D eigenvalue weighted by atomic mass is 35.5. The van der Waals surface area contributed by atoms with Gasteiger partial charge in [-0.1, -0.05) is 35.4 Å². The minimum Gasteiger partial charge on any atom is -0.505 e. The minimum absolute atomic E-state index is 0.175. The Labute approximate surface area is 310 Å². The van der Waals surface area contributed by atoms with E-state index in [2.05, 4.69) is 0 Å². The zero-order valence-corrected chi connectivity index (χ0v) is 30.7. The summed E-state index contributed by atoms with van der Waals surface area (Å²) in [6.45, 7) is 3.91. The van der Waals surface area contributed by atoms with Crippen molar-refractivity contribution in [1.82, 2.24) is 14.7 Å². The first-order valence-corrected chi connectivity index (χ1v) is 19.1. The number of allylic oxidation sites excluding steroid dienone is 2. The van der Waals surface area contributed by atoms with Crippen LogP contribution in [0.1, 0.15) is 41.7 Å². The van der Waals surface area contributed by atoms with E-state index in [0.29, 0.717) is 22.1 Å². The third kappa shape index (κ3) is 4.59. The molecule has 2 aliphatic carbocycles. The first kappa shape index (κ1) is 33.2. The molecule has 1 saturated carbocycles. The van der Waals surface area contributed by atoms with E-state index < -0.39 is 58.4 Å². The van der Waals surface area contributed by atoms with E-state index in [-0.39, 0.29) is 31.2 Å². The second-order valence-electron chi connectivity index (χ2n) is 14.4. The maximum absolute atomic E-state index is 15.1. The second kappa shape index (κ2) is 11.7. The number of rotatable bonds is 5. The van der Waals surface area contributed by atoms with Gasteiger partial charge in [-0.15, -0.1) is 22.7 Å². The van der Waals surface area contributed by atoms with Crippen molar-refractivity contribution in [2.45, 2.75) is 39.2 Å². The Balaban J connectivity index is 1.14. The average Bonchev–Trinajstić information content (AvgIpc) is 3.92. The molecule has 4 amide bonds. The Morgan fingerprint density at radius 2 is 1.85 bits per heavy atom. The number of hydrogen-bond acceptors (Lipinski definition) is 8. The highest BCUT2D eigenvalue weighted by Gasteiger charge is 2.68. The summed E-state index contributed by atoms with van der Waals surface area (Å²) in [4.78, 5) is 61.9. The fourth-order valence-electron chi connectivity index (χ4n) is 9.31. The first-order valence-electron chi connectivity index (χ1n) is 17.1. The van der Waals surface area contributed by atoms with Crippen LogP contribution >= 0.6 is 34.3 Å². The van der Waals surface area contributed by atoms with Gasteiger partial charge in [-0.25, -0.2) is 9.29 Å². The van der Waals surface area contributed by atoms with E-state index in [1.54, 1.807) is 37.4 Å². The Morgan fingerprint density at radius 1 is 1.04 bits per heavy atom. The van der Waals surface area contributed by atoms with Crippen molar-refractivity contribution in [3.8, 4) is 16.3 Å². The number of halogens is 2. The number of thiophene rings is 2. The minimum atomic E-state index is -1.37. The van der Waals surface area contributed by atoms with Crippen LogP contribution in [0.15, 0.2) is 71.6 Å². The van der Waals surface area contributed by atoms with E-state index in [4.69, 9.17) is 16.7 Å². The second-order valence-corrected chi connectivity index (χ2v) is 16.9. The molecule has 0 spiro atoms. The van der Waals surface area contributed by atoms with Gasteiger partial charge in [-0.3, -0.25) is 28.8 Å². The number of carbonyl (C=O) groups is 4. The number of amides is 4. The molecule has 1 N–H and O–H groups in total. The Kier molecular flexibility index (Phi) is 7.46. The number of nitrogens with zero attached hydrogens (tertiary/aromatic N) is 4. The molecule has 52 heavy (non-hydrogen) atoms. The van der Waals surface area contributed by atoms with Crippen molar-refractivity contribution < 1.29 is 28.7 Å². The smallest absolute Gasteiger partial charge is 0.242 e. The molecule has 2 aliphatic heterocycles. The Bertz CT molecular complexity index is 2420. The maximum atomic E-state index is 15.1. The molecule has 4 aliphatic rings. The number of benzene rings is 2. The molecular weight excluding hydrogens is 723 g/mol. The van der Waals surface area contributed by atoms with Crippen LogP contribution in [0.2, 0.25) is 5.02 Å².